The van der Waals surface area contributed by atoms with Crippen LogP contribution in [0.4, 0.5) is 0 Å². The maximum atomic E-state index is 12.6. The van der Waals surface area contributed by atoms with Gasteiger partial charge in [-0.05, 0) is 0 Å². The van der Waals surface area contributed by atoms with Gasteiger partial charge < -0.3 is 27.8 Å². The lowest BCUT2D eigenvalue weighted by molar-refractivity contribution is 0.355. The molecule has 0 aliphatic rings. The van der Waals surface area contributed by atoms with E-state index in [9.17, 15) is 9.59 Å². The maximum absolute atomic E-state index is 12.6. The van der Waals surface area contributed by atoms with Crippen molar-refractivity contribution in [1.29, 1.82) is 0 Å². The molecule has 0 aliphatic heterocycles. The van der Waals surface area contributed by atoms with Crippen molar-refractivity contribution in [1.82, 2.24) is 20.2 Å². The molecule has 0 amide bonds. The summed E-state index contributed by atoms with van der Waals surface area (Å²) in [6, 6.07) is 6.09. The molecule has 0 N–H and O–H groups in total. The normalized spacial score (nSPS) is 11.1. The number of hydrogen-bond acceptors (Lipinski definition) is 13. The predicted molar refractivity (Wildman–Crippen MR) is 125 cm³/mol. The Morgan fingerprint density at radius 3 is 1.37 bits per heavy atom. The minimum Gasteiger partial charge on any atom is -0.493 e. The SMILES string of the molecule is COc1cc2nc(-c3nnc(-c4nc5cc(OC)c(OC)cc5c(=O)o4)s3)oc(=O)c2cc1OC. The van der Waals surface area contributed by atoms with Crippen LogP contribution in [0.1, 0.15) is 0 Å². The molecular weight excluding hydrogens is 480 g/mol. The summed E-state index contributed by atoms with van der Waals surface area (Å²) in [7, 11) is 5.87. The molecular formula is C22H16N4O8S. The molecule has 0 atom stereocenters. The molecule has 35 heavy (non-hydrogen) atoms. The van der Waals surface area contributed by atoms with E-state index >= 15 is 0 Å². The second-order valence-electron chi connectivity index (χ2n) is 6.97. The van der Waals surface area contributed by atoms with Crippen LogP contribution in [0.5, 0.6) is 23.0 Å². The minimum absolute atomic E-state index is 0.0620. The molecule has 5 aromatic rings. The zero-order valence-corrected chi connectivity index (χ0v) is 19.6. The van der Waals surface area contributed by atoms with Crippen LogP contribution in [0.3, 0.4) is 0 Å². The van der Waals surface area contributed by atoms with Crippen molar-refractivity contribution in [3.8, 4) is 44.8 Å². The molecule has 12 nitrogen and oxygen atoms in total. The van der Waals surface area contributed by atoms with E-state index in [0.717, 1.165) is 11.3 Å². The van der Waals surface area contributed by atoms with Crippen LogP contribution in [0, 0.1) is 0 Å². The third kappa shape index (κ3) is 3.81. The first-order valence-corrected chi connectivity index (χ1v) is 10.8. The summed E-state index contributed by atoms with van der Waals surface area (Å²) in [6.07, 6.45) is 0. The van der Waals surface area contributed by atoms with Gasteiger partial charge in [0.25, 0.3) is 11.8 Å². The van der Waals surface area contributed by atoms with Crippen LogP contribution >= 0.6 is 11.3 Å². The highest BCUT2D eigenvalue weighted by molar-refractivity contribution is 7.17. The van der Waals surface area contributed by atoms with Crippen molar-refractivity contribution in [3.63, 3.8) is 0 Å². The second kappa shape index (κ2) is 8.68. The van der Waals surface area contributed by atoms with E-state index < -0.39 is 11.3 Å². The fourth-order valence-electron chi connectivity index (χ4n) is 3.38. The number of fused-ring (bicyclic) bond motifs is 2. The first kappa shape index (κ1) is 22.3. The summed E-state index contributed by atoms with van der Waals surface area (Å²) in [5.41, 5.74) is -0.637. The van der Waals surface area contributed by atoms with Gasteiger partial charge in [-0.1, -0.05) is 11.3 Å². The number of hydrogen-bond donors (Lipinski definition) is 0. The Bertz CT molecular complexity index is 1580. The van der Waals surface area contributed by atoms with E-state index in [1.165, 1.54) is 40.6 Å². The van der Waals surface area contributed by atoms with Crippen LogP contribution in [0.2, 0.25) is 0 Å². The smallest absolute Gasteiger partial charge is 0.347 e. The number of aromatic nitrogens is 4. The average molecular weight is 496 g/mol. The number of benzene rings is 2. The molecule has 3 heterocycles. The van der Waals surface area contributed by atoms with Gasteiger partial charge in [0.05, 0.1) is 50.2 Å². The van der Waals surface area contributed by atoms with Gasteiger partial charge in [-0.15, -0.1) is 10.2 Å². The molecule has 0 aliphatic carbocycles. The van der Waals surface area contributed by atoms with Crippen molar-refractivity contribution in [2.75, 3.05) is 28.4 Å². The summed E-state index contributed by atoms with van der Waals surface area (Å²) in [5, 5.41) is 8.85. The fraction of sp³-hybridized carbons (Fsp3) is 0.182. The highest BCUT2D eigenvalue weighted by Gasteiger charge is 2.20. The standard InChI is InChI=1S/C22H16N4O8S/c1-29-13-5-9-11(7-15(13)31-3)23-17(33-21(9)27)19-25-26-20(35-19)18-24-12-8-16(32-4)14(30-2)6-10(12)22(28)34-18/h5-8H,1-4H3. The number of rotatable bonds is 6. The Balaban J connectivity index is 1.59. The van der Waals surface area contributed by atoms with E-state index in [-0.39, 0.29) is 32.6 Å². The number of nitrogens with zero attached hydrogens (tertiary/aromatic N) is 4. The van der Waals surface area contributed by atoms with E-state index in [1.54, 1.807) is 12.1 Å². The minimum atomic E-state index is -0.640. The van der Waals surface area contributed by atoms with Gasteiger partial charge >= 0.3 is 11.3 Å². The van der Waals surface area contributed by atoms with Crippen molar-refractivity contribution in [2.24, 2.45) is 0 Å². The Hall–Kier alpha value is -4.52. The Morgan fingerprint density at radius 2 is 1.00 bits per heavy atom. The Labute approximate surface area is 199 Å². The van der Waals surface area contributed by atoms with E-state index in [2.05, 4.69) is 20.2 Å². The zero-order valence-electron chi connectivity index (χ0n) is 18.8. The summed E-state index contributed by atoms with van der Waals surface area (Å²) in [4.78, 5) is 33.9. The van der Waals surface area contributed by atoms with Crippen LogP contribution in [0.15, 0.2) is 42.7 Å². The molecule has 5 rings (SSSR count). The third-order valence-electron chi connectivity index (χ3n) is 5.06. The van der Waals surface area contributed by atoms with E-state index in [1.807, 2.05) is 0 Å². The predicted octanol–water partition coefficient (Wildman–Crippen LogP) is 2.91. The average Bonchev–Trinajstić information content (AvgIpc) is 3.37. The molecule has 0 saturated heterocycles. The van der Waals surface area contributed by atoms with Crippen LogP contribution in [-0.4, -0.2) is 48.6 Å². The molecule has 0 saturated carbocycles. The topological polar surface area (TPSA) is 149 Å². The highest BCUT2D eigenvalue weighted by Crippen LogP contribution is 2.34. The summed E-state index contributed by atoms with van der Waals surface area (Å²) in [5.74, 6) is 1.41. The monoisotopic (exact) mass is 496 g/mol. The Morgan fingerprint density at radius 1 is 0.629 bits per heavy atom. The largest absolute Gasteiger partial charge is 0.493 e. The summed E-state index contributed by atoms with van der Waals surface area (Å²) < 4.78 is 31.7. The van der Waals surface area contributed by atoms with Crippen LogP contribution < -0.4 is 30.2 Å². The number of ether oxygens (including phenoxy) is 4. The lowest BCUT2D eigenvalue weighted by Crippen LogP contribution is -2.04. The molecule has 3 aromatic heterocycles. The van der Waals surface area contributed by atoms with Crippen molar-refractivity contribution >= 4 is 33.1 Å². The van der Waals surface area contributed by atoms with Crippen molar-refractivity contribution < 1.29 is 27.8 Å². The van der Waals surface area contributed by atoms with Crippen molar-refractivity contribution in [2.45, 2.75) is 0 Å². The van der Waals surface area contributed by atoms with Gasteiger partial charge in [0.15, 0.2) is 23.0 Å². The molecule has 0 radical (unpaired) electrons. The zero-order chi connectivity index (χ0) is 24.7. The lowest BCUT2D eigenvalue weighted by Gasteiger charge is -2.08. The van der Waals surface area contributed by atoms with Gasteiger partial charge in [0.2, 0.25) is 10.0 Å². The first-order valence-electron chi connectivity index (χ1n) is 9.93. The van der Waals surface area contributed by atoms with Gasteiger partial charge in [-0.3, -0.25) is 0 Å². The van der Waals surface area contributed by atoms with Gasteiger partial charge in [0, 0.05) is 24.3 Å². The Kier molecular flexibility index (Phi) is 5.53. The summed E-state index contributed by atoms with van der Waals surface area (Å²) >= 11 is 0.984. The van der Waals surface area contributed by atoms with E-state index in [4.69, 9.17) is 27.8 Å². The maximum Gasteiger partial charge on any atom is 0.347 e. The molecule has 13 heteroatoms. The molecule has 0 fully saturated rings. The van der Waals surface area contributed by atoms with E-state index in [0.29, 0.717) is 34.0 Å². The van der Waals surface area contributed by atoms with Crippen LogP contribution in [0.25, 0.3) is 43.6 Å². The van der Waals surface area contributed by atoms with Gasteiger partial charge in [-0.25, -0.2) is 19.6 Å². The molecule has 2 aromatic carbocycles. The first-order chi connectivity index (χ1) is 16.9. The van der Waals surface area contributed by atoms with Crippen molar-refractivity contribution in [3.05, 3.63) is 45.1 Å². The van der Waals surface area contributed by atoms with Gasteiger partial charge in [0.1, 0.15) is 0 Å². The fourth-order valence-corrected chi connectivity index (χ4v) is 4.07. The van der Waals surface area contributed by atoms with Crippen LogP contribution in [-0.2, 0) is 0 Å². The molecule has 178 valence electrons. The van der Waals surface area contributed by atoms with Gasteiger partial charge in [-0.2, -0.15) is 0 Å². The molecule has 0 unspecified atom stereocenters. The quantitative estimate of drug-likeness (QED) is 0.340. The summed E-state index contributed by atoms with van der Waals surface area (Å²) in [6.45, 7) is 0. The second-order valence-corrected chi connectivity index (χ2v) is 7.95. The number of methoxy groups -OCH3 is 4. The lowest BCUT2D eigenvalue weighted by atomic mass is 10.2. The molecule has 0 spiro atoms. The molecule has 0 bridgehead atoms. The third-order valence-corrected chi connectivity index (χ3v) is 5.96. The highest BCUT2D eigenvalue weighted by atomic mass is 32.1.